The predicted octanol–water partition coefficient (Wildman–Crippen LogP) is 1.50. The topological polar surface area (TPSA) is 41.6 Å². The number of fused-ring (bicyclic) bond motifs is 3. The van der Waals surface area contributed by atoms with Crippen molar-refractivity contribution >= 4 is 17.3 Å². The summed E-state index contributed by atoms with van der Waals surface area (Å²) in [6, 6.07) is 1.99. The van der Waals surface area contributed by atoms with E-state index in [0.717, 1.165) is 25.1 Å². The van der Waals surface area contributed by atoms with E-state index >= 15 is 0 Å². The Morgan fingerprint density at radius 3 is 3.00 bits per heavy atom. The minimum atomic E-state index is -0.221. The Balaban J connectivity index is 2.04. The van der Waals surface area contributed by atoms with Gasteiger partial charge in [-0.15, -0.1) is 0 Å². The van der Waals surface area contributed by atoms with Crippen LogP contribution >= 0.6 is 0 Å². The molecule has 1 N–H and O–H groups in total. The van der Waals surface area contributed by atoms with E-state index < -0.39 is 0 Å². The molecule has 96 valence electrons. The van der Waals surface area contributed by atoms with Crippen LogP contribution in [0.15, 0.2) is 6.07 Å². The van der Waals surface area contributed by atoms with E-state index in [1.54, 1.807) is 0 Å². The van der Waals surface area contributed by atoms with Crippen molar-refractivity contribution in [1.29, 1.82) is 0 Å². The van der Waals surface area contributed by atoms with Crippen LogP contribution in [-0.4, -0.2) is 32.7 Å². The highest BCUT2D eigenvalue weighted by Gasteiger charge is 2.33. The third-order valence-corrected chi connectivity index (χ3v) is 4.04. The summed E-state index contributed by atoms with van der Waals surface area (Å²) in [6.07, 6.45) is 1.82. The fraction of sp³-hybridized carbons (Fsp3) is 0.500. The highest BCUT2D eigenvalue weighted by molar-refractivity contribution is 5.86. The predicted molar refractivity (Wildman–Crippen MR) is 71.3 cm³/mol. The van der Waals surface area contributed by atoms with Gasteiger partial charge in [-0.3, -0.25) is 0 Å². The molecule has 3 rings (SSSR count). The maximum absolute atomic E-state index is 11.7. The van der Waals surface area contributed by atoms with Crippen molar-refractivity contribution in [3.8, 4) is 0 Å². The van der Waals surface area contributed by atoms with E-state index in [1.807, 2.05) is 0 Å². The molecular formula is C14H18N2O2. The first-order chi connectivity index (χ1) is 8.61. The van der Waals surface area contributed by atoms with Crippen LogP contribution in [0.1, 0.15) is 16.7 Å². The number of likely N-dealkylation sites (N-methyl/N-ethyl adjacent to an activating group) is 1. The molecular weight excluding hydrogens is 228 g/mol. The van der Waals surface area contributed by atoms with Crippen LogP contribution in [0.4, 0.5) is 11.4 Å². The molecule has 4 nitrogen and oxygen atoms in total. The molecule has 0 radical (unpaired) electrons. The summed E-state index contributed by atoms with van der Waals surface area (Å²) in [5.41, 5.74) is 6.38. The van der Waals surface area contributed by atoms with Gasteiger partial charge in [0.15, 0.2) is 0 Å². The molecule has 0 saturated carbocycles. The number of nitrogens with one attached hydrogen (secondary N) is 1. The van der Waals surface area contributed by atoms with E-state index in [-0.39, 0.29) is 12.0 Å². The van der Waals surface area contributed by atoms with Crippen LogP contribution in [0.3, 0.4) is 0 Å². The van der Waals surface area contributed by atoms with Crippen LogP contribution in [0.5, 0.6) is 0 Å². The monoisotopic (exact) mass is 246 g/mol. The van der Waals surface area contributed by atoms with Crippen LogP contribution in [0.25, 0.3) is 0 Å². The molecule has 1 aromatic rings. The summed E-state index contributed by atoms with van der Waals surface area (Å²) in [6.45, 7) is 3.16. The van der Waals surface area contributed by atoms with Gasteiger partial charge in [0.1, 0.15) is 6.04 Å². The van der Waals surface area contributed by atoms with Crippen molar-refractivity contribution < 1.29 is 9.53 Å². The Morgan fingerprint density at radius 1 is 1.50 bits per heavy atom. The second kappa shape index (κ2) is 3.90. The van der Waals surface area contributed by atoms with Crippen molar-refractivity contribution in [3.05, 3.63) is 22.8 Å². The highest BCUT2D eigenvalue weighted by Crippen LogP contribution is 2.40. The lowest BCUT2D eigenvalue weighted by atomic mass is 9.98. The van der Waals surface area contributed by atoms with Crippen LogP contribution in [0.2, 0.25) is 0 Å². The zero-order valence-corrected chi connectivity index (χ0v) is 11.0. The minimum absolute atomic E-state index is 0.175. The molecule has 0 fully saturated rings. The second-order valence-electron chi connectivity index (χ2n) is 5.14. The van der Waals surface area contributed by atoms with Gasteiger partial charge >= 0.3 is 5.97 Å². The van der Waals surface area contributed by atoms with E-state index in [4.69, 9.17) is 4.74 Å². The molecule has 1 aromatic carbocycles. The number of carbonyl (C=O) groups is 1. The molecule has 4 heteroatoms. The fourth-order valence-electron chi connectivity index (χ4n) is 3.07. The first-order valence-corrected chi connectivity index (χ1v) is 6.32. The Kier molecular flexibility index (Phi) is 2.47. The molecule has 1 unspecified atom stereocenters. The lowest BCUT2D eigenvalue weighted by Crippen LogP contribution is -2.28. The number of anilines is 2. The van der Waals surface area contributed by atoms with Crippen molar-refractivity contribution in [1.82, 2.24) is 0 Å². The average molecular weight is 246 g/mol. The molecule has 0 aromatic heterocycles. The molecule has 2 heterocycles. The minimum Gasteiger partial charge on any atom is -0.467 e. The van der Waals surface area contributed by atoms with Gasteiger partial charge < -0.3 is 15.0 Å². The van der Waals surface area contributed by atoms with Gasteiger partial charge in [-0.1, -0.05) is 0 Å². The van der Waals surface area contributed by atoms with E-state index in [2.05, 4.69) is 30.3 Å². The zero-order valence-electron chi connectivity index (χ0n) is 11.0. The largest absolute Gasteiger partial charge is 0.467 e. The quantitative estimate of drug-likeness (QED) is 0.762. The van der Waals surface area contributed by atoms with Gasteiger partial charge in [-0.2, -0.15) is 0 Å². The van der Waals surface area contributed by atoms with Gasteiger partial charge in [0, 0.05) is 31.4 Å². The number of ether oxygens (including phenoxy) is 1. The lowest BCUT2D eigenvalue weighted by molar-refractivity contribution is -0.141. The molecule has 0 bridgehead atoms. The summed E-state index contributed by atoms with van der Waals surface area (Å²) in [5, 5.41) is 3.30. The number of carbonyl (C=O) groups excluding carboxylic acids is 1. The summed E-state index contributed by atoms with van der Waals surface area (Å²) < 4.78 is 4.83. The summed E-state index contributed by atoms with van der Waals surface area (Å²) in [4.78, 5) is 13.9. The average Bonchev–Trinajstić information content (AvgIpc) is 2.94. The molecule has 1 atom stereocenters. The smallest absolute Gasteiger partial charge is 0.328 e. The maximum Gasteiger partial charge on any atom is 0.328 e. The van der Waals surface area contributed by atoms with Crippen molar-refractivity contribution in [3.63, 3.8) is 0 Å². The molecule has 0 spiro atoms. The molecule has 18 heavy (non-hydrogen) atoms. The number of esters is 1. The highest BCUT2D eigenvalue weighted by atomic mass is 16.5. The molecule has 0 amide bonds. The third-order valence-electron chi connectivity index (χ3n) is 4.04. The van der Waals surface area contributed by atoms with Crippen molar-refractivity contribution in [2.45, 2.75) is 25.8 Å². The Hall–Kier alpha value is -1.71. The first kappa shape index (κ1) is 11.4. The standard InChI is InChI=1S/C14H18N2O2/c1-8-6-12-9(4-5-16(12)2)10-7-11(14(17)18-3)15-13(8)10/h6,11,15H,4-5,7H2,1-3H3. The summed E-state index contributed by atoms with van der Waals surface area (Å²) in [5.74, 6) is -0.175. The third kappa shape index (κ3) is 1.48. The van der Waals surface area contributed by atoms with Crippen molar-refractivity contribution in [2.24, 2.45) is 0 Å². The van der Waals surface area contributed by atoms with Gasteiger partial charge in [0.2, 0.25) is 0 Å². The molecule has 0 saturated heterocycles. The Bertz CT molecular complexity index is 525. The number of aryl methyl sites for hydroxylation is 1. The zero-order chi connectivity index (χ0) is 12.9. The fourth-order valence-corrected chi connectivity index (χ4v) is 3.07. The number of methoxy groups -OCH3 is 1. The second-order valence-corrected chi connectivity index (χ2v) is 5.14. The first-order valence-electron chi connectivity index (χ1n) is 6.32. The number of rotatable bonds is 1. The Labute approximate surface area is 107 Å². The van der Waals surface area contributed by atoms with Gasteiger partial charge in [0.25, 0.3) is 0 Å². The number of hydrogen-bond donors (Lipinski definition) is 1. The SMILES string of the molecule is COC(=O)C1Cc2c3c(cc(C)c2N1)N(C)CC3. The molecule has 2 aliphatic heterocycles. The van der Waals surface area contributed by atoms with Crippen LogP contribution in [0, 0.1) is 6.92 Å². The maximum atomic E-state index is 11.7. The van der Waals surface area contributed by atoms with Crippen LogP contribution < -0.4 is 10.2 Å². The van der Waals surface area contributed by atoms with Gasteiger partial charge in [-0.25, -0.2) is 4.79 Å². The van der Waals surface area contributed by atoms with E-state index in [0.29, 0.717) is 0 Å². The number of benzene rings is 1. The van der Waals surface area contributed by atoms with Gasteiger partial charge in [0.05, 0.1) is 7.11 Å². The molecule has 0 aliphatic carbocycles. The lowest BCUT2D eigenvalue weighted by Gasteiger charge is -2.15. The Morgan fingerprint density at radius 2 is 2.28 bits per heavy atom. The van der Waals surface area contributed by atoms with Gasteiger partial charge in [-0.05, 0) is 36.1 Å². The number of hydrogen-bond acceptors (Lipinski definition) is 4. The summed E-state index contributed by atoms with van der Waals surface area (Å²) >= 11 is 0. The van der Waals surface area contributed by atoms with Crippen LogP contribution in [-0.2, 0) is 22.4 Å². The summed E-state index contributed by atoms with van der Waals surface area (Å²) in [7, 11) is 3.57. The molecule has 2 aliphatic rings. The number of nitrogens with zero attached hydrogens (tertiary/aromatic N) is 1. The van der Waals surface area contributed by atoms with Crippen molar-refractivity contribution in [2.75, 3.05) is 30.9 Å². The van der Waals surface area contributed by atoms with E-state index in [1.165, 1.54) is 29.5 Å². The normalized spacial score (nSPS) is 20.4. The van der Waals surface area contributed by atoms with E-state index in [9.17, 15) is 4.79 Å².